The Bertz CT molecular complexity index is 607. The molecule has 0 spiro atoms. The van der Waals surface area contributed by atoms with E-state index in [1.165, 1.54) is 0 Å². The molecule has 21 heavy (non-hydrogen) atoms. The van der Waals surface area contributed by atoms with Crippen LogP contribution in [0.4, 0.5) is 0 Å². The Hall–Kier alpha value is -2.49. The van der Waals surface area contributed by atoms with E-state index in [0.717, 1.165) is 17.6 Å². The van der Waals surface area contributed by atoms with Crippen molar-refractivity contribution in [2.45, 2.75) is 6.92 Å². The summed E-state index contributed by atoms with van der Waals surface area (Å²) in [5.41, 5.74) is 1.69. The van der Waals surface area contributed by atoms with Gasteiger partial charge in [0.2, 0.25) is 0 Å². The molecule has 0 heterocycles. The van der Waals surface area contributed by atoms with Crippen LogP contribution < -0.4 is 14.2 Å². The lowest BCUT2D eigenvalue weighted by Gasteiger charge is -2.12. The standard InChI is InChI=1S/C17H18O4/c1-13-4-3-5-15(10-13)20-8-9-21-17-11-14(12-18)6-7-16(17)19-2/h3-7,10-12H,8-9H2,1-2H3. The maximum absolute atomic E-state index is 10.8. The first-order chi connectivity index (χ1) is 10.2. The minimum Gasteiger partial charge on any atom is -0.493 e. The molecule has 0 radical (unpaired) electrons. The summed E-state index contributed by atoms with van der Waals surface area (Å²) in [5, 5.41) is 0. The van der Waals surface area contributed by atoms with Crippen molar-refractivity contribution in [1.82, 2.24) is 0 Å². The molecular weight excluding hydrogens is 268 g/mol. The van der Waals surface area contributed by atoms with Gasteiger partial charge in [-0.25, -0.2) is 0 Å². The zero-order chi connectivity index (χ0) is 15.1. The molecule has 0 aliphatic heterocycles. The van der Waals surface area contributed by atoms with E-state index >= 15 is 0 Å². The van der Waals surface area contributed by atoms with Gasteiger partial charge >= 0.3 is 0 Å². The number of carbonyl (C=O) groups is 1. The average molecular weight is 286 g/mol. The summed E-state index contributed by atoms with van der Waals surface area (Å²) in [4.78, 5) is 10.8. The number of benzene rings is 2. The molecule has 0 aromatic heterocycles. The third-order valence-electron chi connectivity index (χ3n) is 2.92. The molecule has 110 valence electrons. The monoisotopic (exact) mass is 286 g/mol. The Balaban J connectivity index is 1.89. The van der Waals surface area contributed by atoms with Crippen LogP contribution in [0.1, 0.15) is 15.9 Å². The number of aryl methyl sites for hydroxylation is 1. The molecule has 0 bridgehead atoms. The van der Waals surface area contributed by atoms with Crippen LogP contribution in [-0.4, -0.2) is 26.6 Å². The van der Waals surface area contributed by atoms with Gasteiger partial charge in [0.05, 0.1) is 7.11 Å². The quantitative estimate of drug-likeness (QED) is 0.579. The summed E-state index contributed by atoms with van der Waals surface area (Å²) >= 11 is 0. The summed E-state index contributed by atoms with van der Waals surface area (Å²) in [5.74, 6) is 1.94. The van der Waals surface area contributed by atoms with E-state index in [1.807, 2.05) is 31.2 Å². The lowest BCUT2D eigenvalue weighted by atomic mass is 10.2. The van der Waals surface area contributed by atoms with Crippen molar-refractivity contribution < 1.29 is 19.0 Å². The third-order valence-corrected chi connectivity index (χ3v) is 2.92. The summed E-state index contributed by atoms with van der Waals surface area (Å²) in [6, 6.07) is 12.9. The molecule has 0 atom stereocenters. The molecule has 2 aromatic rings. The van der Waals surface area contributed by atoms with Gasteiger partial charge in [-0.3, -0.25) is 4.79 Å². The molecule has 0 saturated carbocycles. The molecule has 4 heteroatoms. The Kier molecular flexibility index (Phi) is 5.21. The molecule has 0 aliphatic carbocycles. The Labute approximate surface area is 124 Å². The van der Waals surface area contributed by atoms with Crippen LogP contribution in [0, 0.1) is 6.92 Å². The van der Waals surface area contributed by atoms with Crippen LogP contribution in [0.5, 0.6) is 17.2 Å². The highest BCUT2D eigenvalue weighted by atomic mass is 16.5. The summed E-state index contributed by atoms with van der Waals surface area (Å²) < 4.78 is 16.4. The van der Waals surface area contributed by atoms with Crippen molar-refractivity contribution in [2.75, 3.05) is 20.3 Å². The van der Waals surface area contributed by atoms with Crippen LogP contribution >= 0.6 is 0 Å². The molecular formula is C17H18O4. The van der Waals surface area contributed by atoms with Gasteiger partial charge in [0.25, 0.3) is 0 Å². The molecule has 4 nitrogen and oxygen atoms in total. The largest absolute Gasteiger partial charge is 0.493 e. The molecule has 2 rings (SSSR count). The number of carbonyl (C=O) groups excluding carboxylic acids is 1. The van der Waals surface area contributed by atoms with Crippen LogP contribution in [-0.2, 0) is 0 Å². The first-order valence-corrected chi connectivity index (χ1v) is 6.68. The molecule has 0 saturated heterocycles. The summed E-state index contributed by atoms with van der Waals surface area (Å²) in [7, 11) is 1.56. The van der Waals surface area contributed by atoms with Crippen LogP contribution in [0.2, 0.25) is 0 Å². The van der Waals surface area contributed by atoms with Crippen LogP contribution in [0.25, 0.3) is 0 Å². The van der Waals surface area contributed by atoms with E-state index in [1.54, 1.807) is 25.3 Å². The summed E-state index contributed by atoms with van der Waals surface area (Å²) in [6.07, 6.45) is 0.773. The normalized spacial score (nSPS) is 10.0. The summed E-state index contributed by atoms with van der Waals surface area (Å²) in [6.45, 7) is 2.80. The highest BCUT2D eigenvalue weighted by Crippen LogP contribution is 2.27. The Morgan fingerprint density at radius 1 is 1.00 bits per heavy atom. The second-order valence-electron chi connectivity index (χ2n) is 4.54. The number of rotatable bonds is 7. The maximum atomic E-state index is 10.8. The number of methoxy groups -OCH3 is 1. The average Bonchev–Trinajstić information content (AvgIpc) is 2.51. The van der Waals surface area contributed by atoms with Gasteiger partial charge in [0.1, 0.15) is 25.2 Å². The van der Waals surface area contributed by atoms with Gasteiger partial charge in [-0.05, 0) is 42.8 Å². The van der Waals surface area contributed by atoms with E-state index in [-0.39, 0.29) is 0 Å². The minimum absolute atomic E-state index is 0.368. The van der Waals surface area contributed by atoms with Crippen molar-refractivity contribution in [2.24, 2.45) is 0 Å². The fraction of sp³-hybridized carbons (Fsp3) is 0.235. The molecule has 0 unspecified atom stereocenters. The van der Waals surface area contributed by atoms with Gasteiger partial charge in [-0.1, -0.05) is 12.1 Å². The number of aldehydes is 1. The second-order valence-corrected chi connectivity index (χ2v) is 4.54. The molecule has 0 amide bonds. The van der Waals surface area contributed by atoms with Crippen molar-refractivity contribution in [3.8, 4) is 17.2 Å². The van der Waals surface area contributed by atoms with E-state index in [2.05, 4.69) is 0 Å². The molecule has 2 aromatic carbocycles. The van der Waals surface area contributed by atoms with Crippen LogP contribution in [0.15, 0.2) is 42.5 Å². The van der Waals surface area contributed by atoms with Gasteiger partial charge < -0.3 is 14.2 Å². The SMILES string of the molecule is COc1ccc(C=O)cc1OCCOc1cccc(C)c1. The zero-order valence-electron chi connectivity index (χ0n) is 12.2. The Morgan fingerprint density at radius 3 is 2.52 bits per heavy atom. The topological polar surface area (TPSA) is 44.8 Å². The van der Waals surface area contributed by atoms with E-state index in [4.69, 9.17) is 14.2 Å². The number of ether oxygens (including phenoxy) is 3. The highest BCUT2D eigenvalue weighted by Gasteiger charge is 2.05. The fourth-order valence-electron chi connectivity index (χ4n) is 1.90. The van der Waals surface area contributed by atoms with Crippen molar-refractivity contribution in [3.05, 3.63) is 53.6 Å². The van der Waals surface area contributed by atoms with Gasteiger partial charge in [0.15, 0.2) is 11.5 Å². The Morgan fingerprint density at radius 2 is 1.81 bits per heavy atom. The lowest BCUT2D eigenvalue weighted by Crippen LogP contribution is -2.09. The fourth-order valence-corrected chi connectivity index (χ4v) is 1.90. The first kappa shape index (κ1) is 14.9. The smallest absolute Gasteiger partial charge is 0.162 e. The molecule has 0 aliphatic rings. The van der Waals surface area contributed by atoms with Gasteiger partial charge in [-0.15, -0.1) is 0 Å². The van der Waals surface area contributed by atoms with E-state index < -0.39 is 0 Å². The number of hydrogen-bond donors (Lipinski definition) is 0. The minimum atomic E-state index is 0.368. The second kappa shape index (κ2) is 7.33. The predicted molar refractivity (Wildman–Crippen MR) is 80.6 cm³/mol. The maximum Gasteiger partial charge on any atom is 0.162 e. The van der Waals surface area contributed by atoms with E-state index in [9.17, 15) is 4.79 Å². The van der Waals surface area contributed by atoms with Crippen molar-refractivity contribution in [3.63, 3.8) is 0 Å². The van der Waals surface area contributed by atoms with Crippen molar-refractivity contribution >= 4 is 6.29 Å². The molecule has 0 fully saturated rings. The van der Waals surface area contributed by atoms with Gasteiger partial charge in [-0.2, -0.15) is 0 Å². The van der Waals surface area contributed by atoms with Crippen LogP contribution in [0.3, 0.4) is 0 Å². The first-order valence-electron chi connectivity index (χ1n) is 6.68. The van der Waals surface area contributed by atoms with Gasteiger partial charge in [0, 0.05) is 5.56 Å². The zero-order valence-corrected chi connectivity index (χ0v) is 12.2. The van der Waals surface area contributed by atoms with Crippen molar-refractivity contribution in [1.29, 1.82) is 0 Å². The predicted octanol–water partition coefficient (Wildman–Crippen LogP) is 3.27. The molecule has 0 N–H and O–H groups in total. The third kappa shape index (κ3) is 4.24. The lowest BCUT2D eigenvalue weighted by molar-refractivity contribution is 0.112. The highest BCUT2D eigenvalue weighted by molar-refractivity contribution is 5.76. The van der Waals surface area contributed by atoms with E-state index in [0.29, 0.717) is 30.3 Å². The number of hydrogen-bond acceptors (Lipinski definition) is 4.